The molecule has 5 heteroatoms. The van der Waals surface area contributed by atoms with Crippen molar-refractivity contribution in [1.29, 1.82) is 0 Å². The third-order valence-electron chi connectivity index (χ3n) is 5.09. The quantitative estimate of drug-likeness (QED) is 0.912. The molecule has 1 N–H and O–H groups in total. The molecule has 0 bridgehead atoms. The van der Waals surface area contributed by atoms with Crippen LogP contribution >= 0.6 is 0 Å². The highest BCUT2D eigenvalue weighted by atomic mass is 16.2. The lowest BCUT2D eigenvalue weighted by molar-refractivity contribution is -0.126. The minimum atomic E-state index is -0.204. The van der Waals surface area contributed by atoms with Crippen LogP contribution in [0.2, 0.25) is 0 Å². The second-order valence-corrected chi connectivity index (χ2v) is 7.37. The molecule has 2 aliphatic rings. The summed E-state index contributed by atoms with van der Waals surface area (Å²) < 4.78 is 0. The number of carbonyl (C=O) groups is 2. The molecule has 0 aliphatic carbocycles. The van der Waals surface area contributed by atoms with Crippen LogP contribution in [0.5, 0.6) is 0 Å². The molecule has 1 aromatic carbocycles. The van der Waals surface area contributed by atoms with E-state index in [4.69, 9.17) is 0 Å². The summed E-state index contributed by atoms with van der Waals surface area (Å²) in [5.74, 6) is -0.129. The Hall–Kier alpha value is -1.88. The van der Waals surface area contributed by atoms with E-state index in [-0.39, 0.29) is 24.4 Å². The van der Waals surface area contributed by atoms with Crippen LogP contribution in [0.3, 0.4) is 0 Å². The van der Waals surface area contributed by atoms with E-state index >= 15 is 0 Å². The topological polar surface area (TPSA) is 52.7 Å². The lowest BCUT2D eigenvalue weighted by Crippen LogP contribution is -2.53. The number of anilines is 2. The van der Waals surface area contributed by atoms with Crippen molar-refractivity contribution in [2.24, 2.45) is 5.41 Å². The van der Waals surface area contributed by atoms with Crippen LogP contribution in [-0.2, 0) is 9.59 Å². The van der Waals surface area contributed by atoms with E-state index in [1.165, 1.54) is 0 Å². The Morgan fingerprint density at radius 3 is 2.57 bits per heavy atom. The smallest absolute Gasteiger partial charge is 0.244 e. The minimum absolute atomic E-state index is 0.00649. The number of para-hydroxylation sites is 2. The monoisotopic (exact) mass is 315 g/mol. The van der Waals surface area contributed by atoms with Gasteiger partial charge < -0.3 is 5.32 Å². The van der Waals surface area contributed by atoms with Gasteiger partial charge in [0.1, 0.15) is 6.54 Å². The largest absolute Gasteiger partial charge is 0.323 e. The van der Waals surface area contributed by atoms with E-state index < -0.39 is 0 Å². The van der Waals surface area contributed by atoms with Gasteiger partial charge in [-0.1, -0.05) is 26.0 Å². The Kier molecular flexibility index (Phi) is 4.15. The summed E-state index contributed by atoms with van der Waals surface area (Å²) in [6.07, 6.45) is 2.20. The first-order valence-electron chi connectivity index (χ1n) is 8.32. The van der Waals surface area contributed by atoms with Gasteiger partial charge in [0.05, 0.1) is 17.4 Å². The molecule has 1 unspecified atom stereocenters. The molecule has 0 saturated carbocycles. The van der Waals surface area contributed by atoms with Crippen molar-refractivity contribution >= 4 is 23.2 Å². The van der Waals surface area contributed by atoms with Crippen LogP contribution in [0.4, 0.5) is 11.4 Å². The molecule has 5 nitrogen and oxygen atoms in total. The number of likely N-dealkylation sites (tertiary alicyclic amines) is 1. The molecule has 1 atom stereocenters. The van der Waals surface area contributed by atoms with E-state index in [2.05, 4.69) is 24.1 Å². The SMILES string of the molecule is CC(C(=O)N1CC(=O)Nc2ccccc21)N1CCC(C)(C)CC1. The van der Waals surface area contributed by atoms with Gasteiger partial charge in [-0.3, -0.25) is 19.4 Å². The van der Waals surface area contributed by atoms with Crippen molar-refractivity contribution in [2.75, 3.05) is 29.9 Å². The molecule has 23 heavy (non-hydrogen) atoms. The van der Waals surface area contributed by atoms with E-state index in [1.54, 1.807) is 4.90 Å². The Morgan fingerprint density at radius 2 is 1.87 bits per heavy atom. The van der Waals surface area contributed by atoms with Gasteiger partial charge in [-0.2, -0.15) is 0 Å². The van der Waals surface area contributed by atoms with Gasteiger partial charge in [-0.15, -0.1) is 0 Å². The predicted molar refractivity (Wildman–Crippen MR) is 91.5 cm³/mol. The van der Waals surface area contributed by atoms with E-state index in [1.807, 2.05) is 31.2 Å². The normalized spacial score (nSPS) is 22.2. The lowest BCUT2D eigenvalue weighted by atomic mass is 9.82. The fraction of sp³-hybridized carbons (Fsp3) is 0.556. The Bertz CT molecular complexity index is 616. The highest BCUT2D eigenvalue weighted by molar-refractivity contribution is 6.11. The minimum Gasteiger partial charge on any atom is -0.323 e. The summed E-state index contributed by atoms with van der Waals surface area (Å²) in [6, 6.07) is 7.28. The van der Waals surface area contributed by atoms with Crippen molar-refractivity contribution < 1.29 is 9.59 Å². The number of benzene rings is 1. The molecule has 2 amide bonds. The number of nitrogens with zero attached hydrogens (tertiary/aromatic N) is 2. The summed E-state index contributed by atoms with van der Waals surface area (Å²) >= 11 is 0. The average molecular weight is 315 g/mol. The van der Waals surface area contributed by atoms with Gasteiger partial charge >= 0.3 is 0 Å². The Labute approximate surface area is 137 Å². The first-order valence-corrected chi connectivity index (χ1v) is 8.32. The molecular formula is C18H25N3O2. The Morgan fingerprint density at radius 1 is 1.22 bits per heavy atom. The molecule has 3 rings (SSSR count). The van der Waals surface area contributed by atoms with Crippen LogP contribution in [-0.4, -0.2) is 42.4 Å². The summed E-state index contributed by atoms with van der Waals surface area (Å²) in [5.41, 5.74) is 1.86. The van der Waals surface area contributed by atoms with Gasteiger partial charge in [0, 0.05) is 0 Å². The standard InChI is InChI=1S/C18H25N3O2/c1-13(20-10-8-18(2,3)9-11-20)17(23)21-12-16(22)19-14-6-4-5-7-15(14)21/h4-7,13H,8-12H2,1-3H3,(H,19,22). The van der Waals surface area contributed by atoms with Crippen molar-refractivity contribution in [3.8, 4) is 0 Å². The molecule has 2 aliphatic heterocycles. The Balaban J connectivity index is 1.77. The fourth-order valence-corrected chi connectivity index (χ4v) is 3.33. The van der Waals surface area contributed by atoms with Crippen LogP contribution in [0.15, 0.2) is 24.3 Å². The predicted octanol–water partition coefficient (Wildman–Crippen LogP) is 2.48. The molecule has 1 saturated heterocycles. The fourth-order valence-electron chi connectivity index (χ4n) is 3.33. The second kappa shape index (κ2) is 5.96. The van der Waals surface area contributed by atoms with E-state index in [0.717, 1.165) is 31.6 Å². The third-order valence-corrected chi connectivity index (χ3v) is 5.09. The van der Waals surface area contributed by atoms with Crippen molar-refractivity contribution in [3.63, 3.8) is 0 Å². The van der Waals surface area contributed by atoms with Crippen molar-refractivity contribution in [1.82, 2.24) is 4.90 Å². The van der Waals surface area contributed by atoms with Crippen LogP contribution in [0, 0.1) is 5.41 Å². The number of hydrogen-bond acceptors (Lipinski definition) is 3. The van der Waals surface area contributed by atoms with Gasteiger partial charge in [0.2, 0.25) is 11.8 Å². The number of carbonyl (C=O) groups excluding carboxylic acids is 2. The number of amides is 2. The van der Waals surface area contributed by atoms with Crippen LogP contribution in [0.25, 0.3) is 0 Å². The van der Waals surface area contributed by atoms with Gasteiger partial charge in [-0.05, 0) is 50.4 Å². The zero-order valence-electron chi connectivity index (χ0n) is 14.1. The van der Waals surface area contributed by atoms with Crippen molar-refractivity contribution in [3.05, 3.63) is 24.3 Å². The molecule has 0 aromatic heterocycles. The number of fused-ring (bicyclic) bond motifs is 1. The van der Waals surface area contributed by atoms with Crippen LogP contribution in [0.1, 0.15) is 33.6 Å². The summed E-state index contributed by atoms with van der Waals surface area (Å²) in [5, 5.41) is 2.83. The molecule has 0 spiro atoms. The van der Waals surface area contributed by atoms with Crippen molar-refractivity contribution in [2.45, 2.75) is 39.7 Å². The lowest BCUT2D eigenvalue weighted by Gasteiger charge is -2.41. The maximum atomic E-state index is 13.0. The molecule has 1 fully saturated rings. The highest BCUT2D eigenvalue weighted by Gasteiger charge is 2.35. The summed E-state index contributed by atoms with van der Waals surface area (Å²) in [4.78, 5) is 28.7. The van der Waals surface area contributed by atoms with Gasteiger partial charge in [0.25, 0.3) is 0 Å². The highest BCUT2D eigenvalue weighted by Crippen LogP contribution is 2.32. The first kappa shape index (κ1) is 16.0. The molecule has 124 valence electrons. The first-order chi connectivity index (χ1) is 10.9. The second-order valence-electron chi connectivity index (χ2n) is 7.37. The zero-order chi connectivity index (χ0) is 16.6. The molecule has 1 aromatic rings. The van der Waals surface area contributed by atoms with E-state index in [0.29, 0.717) is 11.1 Å². The van der Waals surface area contributed by atoms with E-state index in [9.17, 15) is 9.59 Å². The maximum Gasteiger partial charge on any atom is 0.244 e. The number of hydrogen-bond donors (Lipinski definition) is 1. The number of nitrogens with one attached hydrogen (secondary N) is 1. The number of piperidine rings is 1. The molecule has 2 heterocycles. The summed E-state index contributed by atoms with van der Waals surface area (Å²) in [7, 11) is 0. The van der Waals surface area contributed by atoms with Gasteiger partial charge in [0.15, 0.2) is 0 Å². The molecule has 0 radical (unpaired) electrons. The summed E-state index contributed by atoms with van der Waals surface area (Å²) in [6.45, 7) is 8.47. The average Bonchev–Trinajstić information content (AvgIpc) is 2.52. The molecular weight excluding hydrogens is 290 g/mol. The van der Waals surface area contributed by atoms with Gasteiger partial charge in [-0.25, -0.2) is 0 Å². The maximum absolute atomic E-state index is 13.0. The van der Waals surface area contributed by atoms with Crippen LogP contribution < -0.4 is 10.2 Å². The number of rotatable bonds is 2. The third kappa shape index (κ3) is 3.24. The zero-order valence-corrected chi connectivity index (χ0v) is 14.1.